The van der Waals surface area contributed by atoms with Crippen LogP contribution in [0, 0.1) is 5.82 Å². The van der Waals surface area contributed by atoms with E-state index in [1.807, 2.05) is 19.1 Å². The Balaban J connectivity index is 1.60. The van der Waals surface area contributed by atoms with Crippen LogP contribution >= 0.6 is 0 Å². The number of rotatable bonds is 4. The summed E-state index contributed by atoms with van der Waals surface area (Å²) in [6.45, 7) is 2.87. The third-order valence-corrected chi connectivity index (χ3v) is 3.95. The molecule has 0 unspecified atom stereocenters. The van der Waals surface area contributed by atoms with Gasteiger partial charge in [0.2, 0.25) is 5.91 Å². The number of hydrogen-bond acceptors (Lipinski definition) is 2. The molecule has 124 valence electrons. The Bertz CT molecular complexity index is 774. The minimum atomic E-state index is -0.351. The van der Waals surface area contributed by atoms with Crippen molar-refractivity contribution in [1.29, 1.82) is 0 Å². The van der Waals surface area contributed by atoms with Crippen LogP contribution in [-0.4, -0.2) is 18.5 Å². The van der Waals surface area contributed by atoms with Gasteiger partial charge in [0, 0.05) is 24.5 Å². The summed E-state index contributed by atoms with van der Waals surface area (Å²) in [5.74, 6) is -0.234. The number of fused-ring (bicyclic) bond motifs is 1. The molecular formula is C18H18FN3O2. The van der Waals surface area contributed by atoms with Crippen molar-refractivity contribution in [3.63, 3.8) is 0 Å². The van der Waals surface area contributed by atoms with Crippen molar-refractivity contribution in [2.24, 2.45) is 0 Å². The number of amides is 3. The molecule has 24 heavy (non-hydrogen) atoms. The first-order chi connectivity index (χ1) is 11.6. The van der Waals surface area contributed by atoms with Crippen molar-refractivity contribution < 1.29 is 14.0 Å². The van der Waals surface area contributed by atoms with E-state index in [9.17, 15) is 14.0 Å². The van der Waals surface area contributed by atoms with Gasteiger partial charge in [0.25, 0.3) is 0 Å². The SMILES string of the molecule is CCN1C(=O)Cc2cc(NC(=O)NCc3ccc(F)cc3)ccc21. The van der Waals surface area contributed by atoms with Gasteiger partial charge in [-0.05, 0) is 48.4 Å². The number of nitrogens with zero attached hydrogens (tertiary/aromatic N) is 1. The summed E-state index contributed by atoms with van der Waals surface area (Å²) in [5.41, 5.74) is 3.26. The first-order valence-corrected chi connectivity index (χ1v) is 7.79. The van der Waals surface area contributed by atoms with E-state index >= 15 is 0 Å². The molecule has 0 aromatic heterocycles. The van der Waals surface area contributed by atoms with E-state index in [4.69, 9.17) is 0 Å². The normalized spacial score (nSPS) is 12.9. The molecule has 0 radical (unpaired) electrons. The van der Waals surface area contributed by atoms with Crippen LogP contribution in [-0.2, 0) is 17.8 Å². The van der Waals surface area contributed by atoms with Crippen molar-refractivity contribution in [3.8, 4) is 0 Å². The molecule has 0 fully saturated rings. The molecule has 1 aliphatic heterocycles. The lowest BCUT2D eigenvalue weighted by molar-refractivity contribution is -0.117. The predicted octanol–water partition coefficient (Wildman–Crippen LogP) is 3.06. The Morgan fingerprint density at radius 1 is 1.21 bits per heavy atom. The Kier molecular flexibility index (Phi) is 4.46. The first-order valence-electron chi connectivity index (χ1n) is 7.79. The van der Waals surface area contributed by atoms with Gasteiger partial charge in [-0.1, -0.05) is 12.1 Å². The second-order valence-corrected chi connectivity index (χ2v) is 5.59. The molecular weight excluding hydrogens is 309 g/mol. The van der Waals surface area contributed by atoms with E-state index in [0.29, 0.717) is 25.2 Å². The van der Waals surface area contributed by atoms with Crippen LogP contribution < -0.4 is 15.5 Å². The fourth-order valence-electron chi connectivity index (χ4n) is 2.77. The molecule has 3 amide bonds. The monoisotopic (exact) mass is 327 g/mol. The van der Waals surface area contributed by atoms with Crippen molar-refractivity contribution in [3.05, 3.63) is 59.4 Å². The number of halogens is 1. The summed E-state index contributed by atoms with van der Waals surface area (Å²) < 4.78 is 12.8. The molecule has 2 N–H and O–H groups in total. The second kappa shape index (κ2) is 6.70. The van der Waals surface area contributed by atoms with Gasteiger partial charge >= 0.3 is 6.03 Å². The average molecular weight is 327 g/mol. The van der Waals surface area contributed by atoms with Gasteiger partial charge in [-0.2, -0.15) is 0 Å². The molecule has 2 aromatic rings. The van der Waals surface area contributed by atoms with Gasteiger partial charge < -0.3 is 15.5 Å². The number of carbonyl (C=O) groups excluding carboxylic acids is 2. The van der Waals surface area contributed by atoms with E-state index in [2.05, 4.69) is 10.6 Å². The van der Waals surface area contributed by atoms with Crippen LogP contribution in [0.4, 0.5) is 20.6 Å². The third kappa shape index (κ3) is 3.37. The minimum Gasteiger partial charge on any atom is -0.334 e. The van der Waals surface area contributed by atoms with E-state index in [-0.39, 0.29) is 17.8 Å². The molecule has 0 saturated carbocycles. The topological polar surface area (TPSA) is 61.4 Å². The second-order valence-electron chi connectivity index (χ2n) is 5.59. The van der Waals surface area contributed by atoms with E-state index in [1.165, 1.54) is 12.1 Å². The summed E-state index contributed by atoms with van der Waals surface area (Å²) >= 11 is 0. The van der Waals surface area contributed by atoms with E-state index in [0.717, 1.165) is 16.8 Å². The summed E-state index contributed by atoms with van der Waals surface area (Å²) in [4.78, 5) is 25.6. The highest BCUT2D eigenvalue weighted by molar-refractivity contribution is 6.02. The zero-order valence-electron chi connectivity index (χ0n) is 13.3. The number of carbonyl (C=O) groups is 2. The number of likely N-dealkylation sites (N-methyl/N-ethyl adjacent to an activating group) is 1. The molecule has 3 rings (SSSR count). The quantitative estimate of drug-likeness (QED) is 0.906. The Hall–Kier alpha value is -2.89. The van der Waals surface area contributed by atoms with Crippen LogP contribution in [0.1, 0.15) is 18.1 Å². The molecule has 2 aromatic carbocycles. The molecule has 6 heteroatoms. The zero-order chi connectivity index (χ0) is 17.1. The van der Waals surface area contributed by atoms with Gasteiger partial charge in [-0.15, -0.1) is 0 Å². The third-order valence-electron chi connectivity index (χ3n) is 3.95. The zero-order valence-corrected chi connectivity index (χ0v) is 13.3. The molecule has 0 atom stereocenters. The maximum Gasteiger partial charge on any atom is 0.319 e. The van der Waals surface area contributed by atoms with Crippen molar-refractivity contribution in [2.45, 2.75) is 19.9 Å². The van der Waals surface area contributed by atoms with Crippen LogP contribution in [0.25, 0.3) is 0 Å². The number of benzene rings is 2. The standard InChI is InChI=1S/C18H18FN3O2/c1-2-22-16-8-7-15(9-13(16)10-17(22)23)21-18(24)20-11-12-3-5-14(19)6-4-12/h3-9H,2,10-11H2,1H3,(H2,20,21,24). The molecule has 0 spiro atoms. The maximum absolute atomic E-state index is 12.8. The highest BCUT2D eigenvalue weighted by Crippen LogP contribution is 2.30. The van der Waals surface area contributed by atoms with Gasteiger partial charge in [0.05, 0.1) is 6.42 Å². The van der Waals surface area contributed by atoms with Gasteiger partial charge in [0.1, 0.15) is 5.82 Å². The summed E-state index contributed by atoms with van der Waals surface area (Å²) in [6, 6.07) is 11.0. The molecule has 0 saturated heterocycles. The fraction of sp³-hybridized carbons (Fsp3) is 0.222. The highest BCUT2D eigenvalue weighted by Gasteiger charge is 2.25. The number of hydrogen-bond donors (Lipinski definition) is 2. The average Bonchev–Trinajstić information content (AvgIpc) is 2.88. The highest BCUT2D eigenvalue weighted by atomic mass is 19.1. The molecule has 1 aliphatic rings. The van der Waals surface area contributed by atoms with Crippen molar-refractivity contribution in [2.75, 3.05) is 16.8 Å². The van der Waals surface area contributed by atoms with Gasteiger partial charge in [-0.25, -0.2) is 9.18 Å². The number of nitrogens with one attached hydrogen (secondary N) is 2. The molecule has 0 aliphatic carbocycles. The number of urea groups is 1. The lowest BCUT2D eigenvalue weighted by atomic mass is 10.1. The summed E-state index contributed by atoms with van der Waals surface area (Å²) in [5, 5.41) is 5.46. The minimum absolute atomic E-state index is 0.0745. The Labute approximate surface area is 139 Å². The lowest BCUT2D eigenvalue weighted by Crippen LogP contribution is -2.28. The largest absolute Gasteiger partial charge is 0.334 e. The molecule has 5 nitrogen and oxygen atoms in total. The molecule has 1 heterocycles. The first kappa shape index (κ1) is 16.0. The van der Waals surface area contributed by atoms with E-state index in [1.54, 1.807) is 23.1 Å². The van der Waals surface area contributed by atoms with Crippen molar-refractivity contribution >= 4 is 23.3 Å². The lowest BCUT2D eigenvalue weighted by Gasteiger charge is -2.15. The van der Waals surface area contributed by atoms with Gasteiger partial charge in [-0.3, -0.25) is 4.79 Å². The fourth-order valence-corrected chi connectivity index (χ4v) is 2.77. The number of anilines is 2. The molecule has 0 bridgehead atoms. The van der Waals surface area contributed by atoms with Crippen LogP contribution in [0.2, 0.25) is 0 Å². The van der Waals surface area contributed by atoms with Crippen molar-refractivity contribution in [1.82, 2.24) is 5.32 Å². The van der Waals surface area contributed by atoms with Gasteiger partial charge in [0.15, 0.2) is 0 Å². The Morgan fingerprint density at radius 2 is 1.96 bits per heavy atom. The summed E-state index contributed by atoms with van der Waals surface area (Å²) in [6.07, 6.45) is 0.357. The van der Waals surface area contributed by atoms with E-state index < -0.39 is 0 Å². The van der Waals surface area contributed by atoms with Crippen LogP contribution in [0.15, 0.2) is 42.5 Å². The van der Waals surface area contributed by atoms with Crippen LogP contribution in [0.5, 0.6) is 0 Å². The predicted molar refractivity (Wildman–Crippen MR) is 90.4 cm³/mol. The Morgan fingerprint density at radius 3 is 2.67 bits per heavy atom. The summed E-state index contributed by atoms with van der Waals surface area (Å²) in [7, 11) is 0. The van der Waals surface area contributed by atoms with Crippen LogP contribution in [0.3, 0.4) is 0 Å². The smallest absolute Gasteiger partial charge is 0.319 e. The maximum atomic E-state index is 12.8.